The van der Waals surface area contributed by atoms with Gasteiger partial charge in [0.2, 0.25) is 0 Å². The molecule has 0 aromatic heterocycles. The molecule has 0 rings (SSSR count). The SMILES string of the molecule is O=C(O)/C=C\C(=O)OC(=O)CC(O)(CC(=O)O)C(=O)O. The molecule has 0 aliphatic heterocycles. The fourth-order valence-corrected chi connectivity index (χ4v) is 1.02. The van der Waals surface area contributed by atoms with E-state index in [0.717, 1.165) is 0 Å². The Morgan fingerprint density at radius 2 is 1.50 bits per heavy atom. The minimum absolute atomic E-state index is 0.371. The van der Waals surface area contributed by atoms with Crippen molar-refractivity contribution in [1.82, 2.24) is 0 Å². The lowest BCUT2D eigenvalue weighted by atomic mass is 9.96. The van der Waals surface area contributed by atoms with Gasteiger partial charge in [0, 0.05) is 12.2 Å². The third-order valence-electron chi connectivity index (χ3n) is 1.85. The molecule has 0 aromatic rings. The van der Waals surface area contributed by atoms with E-state index in [1.807, 2.05) is 0 Å². The average Bonchev–Trinajstić information content (AvgIpc) is 2.24. The molecule has 1 atom stereocenters. The Hall–Kier alpha value is -2.75. The Bertz CT molecular complexity index is 476. The maximum Gasteiger partial charge on any atom is 0.338 e. The number of carbonyl (C=O) groups is 5. The minimum Gasteiger partial charge on any atom is -0.481 e. The number of carbonyl (C=O) groups excluding carboxylic acids is 2. The summed E-state index contributed by atoms with van der Waals surface area (Å²) in [5.74, 6) is -8.07. The zero-order valence-electron chi connectivity index (χ0n) is 9.81. The number of aliphatic hydroxyl groups is 1. The van der Waals surface area contributed by atoms with E-state index in [1.54, 1.807) is 0 Å². The molecule has 0 aliphatic rings. The van der Waals surface area contributed by atoms with Gasteiger partial charge in [-0.3, -0.25) is 9.59 Å². The Balaban J connectivity index is 4.71. The molecule has 0 aliphatic carbocycles. The molecule has 110 valence electrons. The number of carboxylic acid groups (broad SMARTS) is 3. The molecule has 10 heteroatoms. The predicted octanol–water partition coefficient (Wildman–Crippen LogP) is -1.62. The van der Waals surface area contributed by atoms with Gasteiger partial charge in [0.1, 0.15) is 0 Å². The first-order valence-corrected chi connectivity index (χ1v) is 4.90. The lowest BCUT2D eigenvalue weighted by Gasteiger charge is -2.19. The fraction of sp³-hybridized carbons (Fsp3) is 0.300. The highest BCUT2D eigenvalue weighted by Gasteiger charge is 2.41. The van der Waals surface area contributed by atoms with Gasteiger partial charge in [-0.15, -0.1) is 0 Å². The molecule has 0 fully saturated rings. The molecule has 0 saturated carbocycles. The lowest BCUT2D eigenvalue weighted by Crippen LogP contribution is -2.43. The van der Waals surface area contributed by atoms with Crippen LogP contribution in [0.15, 0.2) is 12.2 Å². The number of ether oxygens (including phenoxy) is 1. The van der Waals surface area contributed by atoms with Crippen molar-refractivity contribution >= 4 is 29.8 Å². The van der Waals surface area contributed by atoms with Crippen molar-refractivity contribution in [2.24, 2.45) is 0 Å². The third-order valence-corrected chi connectivity index (χ3v) is 1.85. The zero-order valence-corrected chi connectivity index (χ0v) is 9.81. The van der Waals surface area contributed by atoms with Gasteiger partial charge in [0.25, 0.3) is 0 Å². The second-order valence-electron chi connectivity index (χ2n) is 3.55. The van der Waals surface area contributed by atoms with E-state index in [0.29, 0.717) is 12.2 Å². The van der Waals surface area contributed by atoms with Crippen LogP contribution in [0.4, 0.5) is 0 Å². The topological polar surface area (TPSA) is 175 Å². The first-order valence-electron chi connectivity index (χ1n) is 4.90. The van der Waals surface area contributed by atoms with Gasteiger partial charge in [-0.05, 0) is 0 Å². The lowest BCUT2D eigenvalue weighted by molar-refractivity contribution is -0.173. The quantitative estimate of drug-likeness (QED) is 0.242. The van der Waals surface area contributed by atoms with Crippen LogP contribution in [0.3, 0.4) is 0 Å². The minimum atomic E-state index is -2.93. The predicted molar refractivity (Wildman–Crippen MR) is 57.3 cm³/mol. The van der Waals surface area contributed by atoms with Gasteiger partial charge >= 0.3 is 29.8 Å². The van der Waals surface area contributed by atoms with Crippen LogP contribution >= 0.6 is 0 Å². The summed E-state index contributed by atoms with van der Waals surface area (Å²) in [7, 11) is 0. The van der Waals surface area contributed by atoms with Crippen LogP contribution in [0.5, 0.6) is 0 Å². The van der Waals surface area contributed by atoms with Crippen LogP contribution in [0.2, 0.25) is 0 Å². The van der Waals surface area contributed by atoms with Crippen LogP contribution in [-0.2, 0) is 28.7 Å². The van der Waals surface area contributed by atoms with Gasteiger partial charge in [-0.2, -0.15) is 0 Å². The van der Waals surface area contributed by atoms with E-state index < -0.39 is 48.3 Å². The van der Waals surface area contributed by atoms with Gasteiger partial charge < -0.3 is 25.2 Å². The Kier molecular flexibility index (Phi) is 6.03. The molecule has 4 N–H and O–H groups in total. The van der Waals surface area contributed by atoms with E-state index in [-0.39, 0.29) is 0 Å². The van der Waals surface area contributed by atoms with Crippen LogP contribution in [0.25, 0.3) is 0 Å². The molecule has 0 spiro atoms. The number of rotatable bonds is 7. The van der Waals surface area contributed by atoms with Crippen molar-refractivity contribution in [3.05, 3.63) is 12.2 Å². The highest BCUT2D eigenvalue weighted by molar-refractivity contribution is 5.97. The zero-order chi connectivity index (χ0) is 15.9. The van der Waals surface area contributed by atoms with Crippen molar-refractivity contribution in [2.45, 2.75) is 18.4 Å². The fourth-order valence-electron chi connectivity index (χ4n) is 1.02. The molecule has 0 bridgehead atoms. The number of hydrogen-bond donors (Lipinski definition) is 4. The summed E-state index contributed by atoms with van der Waals surface area (Å²) in [4.78, 5) is 53.2. The molecule has 10 nitrogen and oxygen atoms in total. The van der Waals surface area contributed by atoms with Gasteiger partial charge in [-0.1, -0.05) is 0 Å². The van der Waals surface area contributed by atoms with Crippen LogP contribution < -0.4 is 0 Å². The second kappa shape index (κ2) is 6.99. The molecule has 0 amide bonds. The maximum absolute atomic E-state index is 11.2. The maximum atomic E-state index is 11.2. The number of carboxylic acids is 3. The summed E-state index contributed by atoms with van der Waals surface area (Å²) < 4.78 is 3.98. The molecule has 0 heterocycles. The van der Waals surface area contributed by atoms with E-state index in [2.05, 4.69) is 4.74 Å². The standard InChI is InChI=1S/C10H10O10/c11-5(12)1-2-7(15)20-8(16)4-10(19,9(17)18)3-6(13)14/h1-2,19H,3-4H2,(H,11,12)(H,13,14)(H,17,18)/b2-1-. The van der Waals surface area contributed by atoms with Crippen molar-refractivity contribution in [1.29, 1.82) is 0 Å². The van der Waals surface area contributed by atoms with Crippen LogP contribution in [0, 0.1) is 0 Å². The molecular weight excluding hydrogens is 280 g/mol. The Labute approximate surface area is 110 Å². The Morgan fingerprint density at radius 1 is 0.950 bits per heavy atom. The highest BCUT2D eigenvalue weighted by Crippen LogP contribution is 2.17. The molecule has 0 aromatic carbocycles. The third kappa shape index (κ3) is 6.26. The van der Waals surface area contributed by atoms with Crippen molar-refractivity contribution in [3.63, 3.8) is 0 Å². The largest absolute Gasteiger partial charge is 0.481 e. The van der Waals surface area contributed by atoms with Crippen molar-refractivity contribution in [2.75, 3.05) is 0 Å². The van der Waals surface area contributed by atoms with Crippen molar-refractivity contribution in [3.8, 4) is 0 Å². The summed E-state index contributed by atoms with van der Waals surface area (Å²) >= 11 is 0. The first kappa shape index (κ1) is 17.2. The summed E-state index contributed by atoms with van der Waals surface area (Å²) in [6.07, 6.45) is -1.81. The Morgan fingerprint density at radius 3 is 1.90 bits per heavy atom. The van der Waals surface area contributed by atoms with Crippen molar-refractivity contribution < 1.29 is 49.1 Å². The smallest absolute Gasteiger partial charge is 0.338 e. The number of esters is 2. The highest BCUT2D eigenvalue weighted by atomic mass is 16.6. The summed E-state index contributed by atoms with van der Waals surface area (Å²) in [5.41, 5.74) is -2.93. The number of aliphatic carboxylic acids is 3. The van der Waals surface area contributed by atoms with E-state index in [4.69, 9.17) is 15.3 Å². The summed E-state index contributed by atoms with van der Waals surface area (Å²) in [6.45, 7) is 0. The van der Waals surface area contributed by atoms with Crippen LogP contribution in [-0.4, -0.2) is 55.9 Å². The molecule has 1 unspecified atom stereocenters. The summed E-state index contributed by atoms with van der Waals surface area (Å²) in [5, 5.41) is 34.7. The van der Waals surface area contributed by atoms with Gasteiger partial charge in [0.05, 0.1) is 12.8 Å². The molecule has 0 radical (unpaired) electrons. The monoisotopic (exact) mass is 290 g/mol. The summed E-state index contributed by atoms with van der Waals surface area (Å²) in [6, 6.07) is 0. The van der Waals surface area contributed by atoms with Gasteiger partial charge in [0.15, 0.2) is 5.60 Å². The molecular formula is C10H10O10. The molecule has 20 heavy (non-hydrogen) atoms. The normalized spacial score (nSPS) is 13.4. The first-order chi connectivity index (χ1) is 9.06. The second-order valence-corrected chi connectivity index (χ2v) is 3.55. The van der Waals surface area contributed by atoms with Crippen LogP contribution in [0.1, 0.15) is 12.8 Å². The number of hydrogen-bond acceptors (Lipinski definition) is 7. The van der Waals surface area contributed by atoms with E-state index in [1.165, 1.54) is 0 Å². The van der Waals surface area contributed by atoms with Gasteiger partial charge in [-0.25, -0.2) is 14.4 Å². The van der Waals surface area contributed by atoms with E-state index >= 15 is 0 Å². The average molecular weight is 290 g/mol. The van der Waals surface area contributed by atoms with E-state index in [9.17, 15) is 29.1 Å². The molecule has 0 saturated heterocycles.